The summed E-state index contributed by atoms with van der Waals surface area (Å²) in [7, 11) is 0. The highest BCUT2D eigenvalue weighted by Crippen LogP contribution is 2.25. The molecule has 2 heterocycles. The maximum absolute atomic E-state index is 12.2. The minimum Gasteiger partial charge on any atom is -0.354 e. The normalized spacial score (nSPS) is 15.8. The van der Waals surface area contributed by atoms with Gasteiger partial charge in [-0.05, 0) is 37.6 Å². The molecule has 1 aliphatic rings. The second-order valence-electron chi connectivity index (χ2n) is 7.52. The molecule has 0 spiro atoms. The highest BCUT2D eigenvalue weighted by molar-refractivity contribution is 7.98. The molecule has 1 aliphatic heterocycles. The topological polar surface area (TPSA) is 61.4 Å². The third kappa shape index (κ3) is 6.33. The molecule has 0 aliphatic carbocycles. The van der Waals surface area contributed by atoms with Gasteiger partial charge < -0.3 is 15.1 Å². The molecule has 1 aromatic heterocycles. The van der Waals surface area contributed by atoms with Gasteiger partial charge in [-0.1, -0.05) is 49.3 Å². The van der Waals surface area contributed by atoms with Crippen molar-refractivity contribution in [2.24, 2.45) is 0 Å². The minimum absolute atomic E-state index is 0.0328. The molecule has 30 heavy (non-hydrogen) atoms. The lowest BCUT2D eigenvalue weighted by molar-refractivity contribution is 0.0939. The van der Waals surface area contributed by atoms with Crippen LogP contribution in [0, 0.1) is 0 Å². The number of thioether (sulfide) groups is 1. The van der Waals surface area contributed by atoms with Crippen molar-refractivity contribution in [1.29, 1.82) is 0 Å². The molecule has 0 saturated carbocycles. The first kappa shape index (κ1) is 22.8. The summed E-state index contributed by atoms with van der Waals surface area (Å²) >= 11 is 7.83. The molecule has 3 rings (SSSR count). The lowest BCUT2D eigenvalue weighted by atomic mass is 10.1. The molecule has 2 aromatic rings. The van der Waals surface area contributed by atoms with Crippen LogP contribution in [0.5, 0.6) is 0 Å². The number of amides is 1. The zero-order valence-corrected chi connectivity index (χ0v) is 19.5. The van der Waals surface area contributed by atoms with Gasteiger partial charge in [0, 0.05) is 49.6 Å². The fourth-order valence-corrected chi connectivity index (χ4v) is 4.25. The van der Waals surface area contributed by atoms with E-state index in [2.05, 4.69) is 33.9 Å². The van der Waals surface area contributed by atoms with Crippen LogP contribution in [0.1, 0.15) is 43.1 Å². The van der Waals surface area contributed by atoms with Crippen molar-refractivity contribution in [1.82, 2.24) is 20.2 Å². The van der Waals surface area contributed by atoms with Crippen molar-refractivity contribution < 1.29 is 4.79 Å². The van der Waals surface area contributed by atoms with E-state index in [4.69, 9.17) is 16.6 Å². The average molecular weight is 448 g/mol. The Hall–Kier alpha value is -1.83. The summed E-state index contributed by atoms with van der Waals surface area (Å²) < 4.78 is 0. The monoisotopic (exact) mass is 447 g/mol. The predicted molar refractivity (Wildman–Crippen MR) is 125 cm³/mol. The Morgan fingerprint density at radius 2 is 1.87 bits per heavy atom. The van der Waals surface area contributed by atoms with Crippen molar-refractivity contribution in [2.45, 2.75) is 44.1 Å². The zero-order chi connectivity index (χ0) is 21.5. The van der Waals surface area contributed by atoms with Gasteiger partial charge in [0.15, 0.2) is 5.16 Å². The summed E-state index contributed by atoms with van der Waals surface area (Å²) in [6.07, 6.45) is 0.913. The van der Waals surface area contributed by atoms with Gasteiger partial charge in [0.25, 0.3) is 5.91 Å². The molecule has 0 radical (unpaired) electrons. The number of hydrogen-bond donors (Lipinski definition) is 1. The summed E-state index contributed by atoms with van der Waals surface area (Å²) in [5.74, 6) is 1.58. The van der Waals surface area contributed by atoms with E-state index in [9.17, 15) is 4.79 Å². The standard InChI is InChI=1S/C22H30ClN5OS/c1-4-16(3)24-21(29)18-8-6-17(7-9-18)15-30-22-25-19(23)14-20(26-22)28-12-10-27(5-2)11-13-28/h6-9,14,16H,4-5,10-13,15H2,1-3H3,(H,24,29). The van der Waals surface area contributed by atoms with Gasteiger partial charge in [-0.15, -0.1) is 0 Å². The maximum Gasteiger partial charge on any atom is 0.251 e. The first-order valence-corrected chi connectivity index (χ1v) is 11.9. The number of halogens is 1. The summed E-state index contributed by atoms with van der Waals surface area (Å²) in [5.41, 5.74) is 1.79. The Morgan fingerprint density at radius 3 is 2.50 bits per heavy atom. The van der Waals surface area contributed by atoms with Crippen molar-refractivity contribution in [3.63, 3.8) is 0 Å². The van der Waals surface area contributed by atoms with Crippen LogP contribution in [-0.4, -0.2) is 59.5 Å². The number of likely N-dealkylation sites (N-methyl/N-ethyl adjacent to an activating group) is 1. The van der Waals surface area contributed by atoms with Crippen LogP contribution in [0.3, 0.4) is 0 Å². The van der Waals surface area contributed by atoms with Crippen LogP contribution in [0.25, 0.3) is 0 Å². The average Bonchev–Trinajstić information content (AvgIpc) is 2.77. The lowest BCUT2D eigenvalue weighted by Crippen LogP contribution is -2.46. The molecular formula is C22H30ClN5OS. The molecule has 6 nitrogen and oxygen atoms in total. The van der Waals surface area contributed by atoms with E-state index in [0.29, 0.717) is 15.9 Å². The van der Waals surface area contributed by atoms with Crippen LogP contribution < -0.4 is 10.2 Å². The molecule has 1 amide bonds. The third-order valence-corrected chi connectivity index (χ3v) is 6.49. The molecule has 1 aromatic carbocycles. The smallest absolute Gasteiger partial charge is 0.251 e. The van der Waals surface area contributed by atoms with Gasteiger partial charge in [0.05, 0.1) is 0 Å². The highest BCUT2D eigenvalue weighted by atomic mass is 35.5. The number of carbonyl (C=O) groups is 1. The fraction of sp³-hybridized carbons (Fsp3) is 0.500. The van der Waals surface area contributed by atoms with Crippen molar-refractivity contribution >= 4 is 35.1 Å². The van der Waals surface area contributed by atoms with E-state index < -0.39 is 0 Å². The van der Waals surface area contributed by atoms with Crippen LogP contribution in [-0.2, 0) is 5.75 Å². The minimum atomic E-state index is -0.0328. The van der Waals surface area contributed by atoms with Crippen molar-refractivity contribution in [2.75, 3.05) is 37.6 Å². The SMILES string of the molecule is CCC(C)NC(=O)c1ccc(CSc2nc(Cl)cc(N3CCN(CC)CC3)n2)cc1. The van der Waals surface area contributed by atoms with Gasteiger partial charge in [-0.2, -0.15) is 0 Å². The third-order valence-electron chi connectivity index (χ3n) is 5.38. The van der Waals surface area contributed by atoms with Crippen molar-refractivity contribution in [3.8, 4) is 0 Å². The first-order chi connectivity index (χ1) is 14.5. The van der Waals surface area contributed by atoms with Crippen LogP contribution in [0.2, 0.25) is 5.15 Å². The molecule has 1 atom stereocenters. The Labute approximate surface area is 188 Å². The van der Waals surface area contributed by atoms with Crippen LogP contribution in [0.4, 0.5) is 5.82 Å². The van der Waals surface area contributed by atoms with Crippen LogP contribution in [0.15, 0.2) is 35.5 Å². The number of carbonyl (C=O) groups excluding carboxylic acids is 1. The summed E-state index contributed by atoms with van der Waals surface area (Å²) in [6, 6.07) is 9.71. The van der Waals surface area contributed by atoms with Gasteiger partial charge in [-0.3, -0.25) is 4.79 Å². The maximum atomic E-state index is 12.2. The number of hydrogen-bond acceptors (Lipinski definition) is 6. The second-order valence-corrected chi connectivity index (χ2v) is 8.85. The molecule has 1 fully saturated rings. The molecule has 1 N–H and O–H groups in total. The molecule has 162 valence electrons. The van der Waals surface area contributed by atoms with Gasteiger partial charge in [-0.25, -0.2) is 9.97 Å². The van der Waals surface area contributed by atoms with Crippen LogP contribution >= 0.6 is 23.4 Å². The summed E-state index contributed by atoms with van der Waals surface area (Å²) in [5, 5.41) is 4.13. The van der Waals surface area contributed by atoms with Crippen molar-refractivity contribution in [3.05, 3.63) is 46.6 Å². The Bertz CT molecular complexity index is 840. The lowest BCUT2D eigenvalue weighted by Gasteiger charge is -2.34. The molecular weight excluding hydrogens is 418 g/mol. The highest BCUT2D eigenvalue weighted by Gasteiger charge is 2.18. The number of rotatable bonds is 8. The van der Waals surface area contributed by atoms with Gasteiger partial charge >= 0.3 is 0 Å². The fourth-order valence-electron chi connectivity index (χ4n) is 3.21. The first-order valence-electron chi connectivity index (χ1n) is 10.5. The molecule has 1 unspecified atom stereocenters. The molecule has 8 heteroatoms. The van der Waals surface area contributed by atoms with Gasteiger partial charge in [0.2, 0.25) is 0 Å². The van der Waals surface area contributed by atoms with E-state index in [-0.39, 0.29) is 11.9 Å². The number of aromatic nitrogens is 2. The molecule has 0 bridgehead atoms. The zero-order valence-electron chi connectivity index (χ0n) is 17.9. The number of piperazine rings is 1. The quantitative estimate of drug-likeness (QED) is 0.373. The van der Waals surface area contributed by atoms with E-state index in [0.717, 1.165) is 56.3 Å². The Balaban J connectivity index is 1.59. The predicted octanol–water partition coefficient (Wildman–Crippen LogP) is 4.09. The summed E-state index contributed by atoms with van der Waals surface area (Å²) in [6.45, 7) is 11.3. The second kappa shape index (κ2) is 11.0. The van der Waals surface area contributed by atoms with E-state index in [1.54, 1.807) is 11.8 Å². The number of benzene rings is 1. The van der Waals surface area contributed by atoms with E-state index in [1.165, 1.54) is 0 Å². The van der Waals surface area contributed by atoms with Gasteiger partial charge in [0.1, 0.15) is 11.0 Å². The number of nitrogens with one attached hydrogen (secondary N) is 1. The Morgan fingerprint density at radius 1 is 1.17 bits per heavy atom. The van der Waals surface area contributed by atoms with E-state index in [1.807, 2.05) is 37.3 Å². The van der Waals surface area contributed by atoms with E-state index >= 15 is 0 Å². The largest absolute Gasteiger partial charge is 0.354 e. The Kier molecular flexibility index (Phi) is 8.36. The number of nitrogens with zero attached hydrogens (tertiary/aromatic N) is 4. The molecule has 1 saturated heterocycles. The summed E-state index contributed by atoms with van der Waals surface area (Å²) in [4.78, 5) is 26.0. The number of anilines is 1.